The SMILES string of the molecule is CC[C@H](Nc1ccccc1)C(=O)N1CCc2[nH]ncc2C1. The van der Waals surface area contributed by atoms with Crippen molar-refractivity contribution >= 4 is 11.6 Å². The number of carbonyl (C=O) groups is 1. The lowest BCUT2D eigenvalue weighted by Gasteiger charge is -2.30. The lowest BCUT2D eigenvalue weighted by atomic mass is 10.1. The second kappa shape index (κ2) is 5.99. The van der Waals surface area contributed by atoms with Gasteiger partial charge in [0.1, 0.15) is 6.04 Å². The van der Waals surface area contributed by atoms with Crippen LogP contribution in [0.5, 0.6) is 0 Å². The molecule has 21 heavy (non-hydrogen) atoms. The van der Waals surface area contributed by atoms with Crippen LogP contribution in [0.3, 0.4) is 0 Å². The molecule has 1 atom stereocenters. The summed E-state index contributed by atoms with van der Waals surface area (Å²) < 4.78 is 0. The van der Waals surface area contributed by atoms with Crippen molar-refractivity contribution < 1.29 is 4.79 Å². The van der Waals surface area contributed by atoms with Crippen LogP contribution < -0.4 is 5.32 Å². The monoisotopic (exact) mass is 284 g/mol. The first-order chi connectivity index (χ1) is 10.3. The van der Waals surface area contributed by atoms with E-state index in [2.05, 4.69) is 15.5 Å². The van der Waals surface area contributed by atoms with E-state index in [9.17, 15) is 4.79 Å². The van der Waals surface area contributed by atoms with Gasteiger partial charge >= 0.3 is 0 Å². The Bertz CT molecular complexity index is 608. The third-order valence-corrected chi connectivity index (χ3v) is 3.93. The summed E-state index contributed by atoms with van der Waals surface area (Å²) >= 11 is 0. The number of benzene rings is 1. The summed E-state index contributed by atoms with van der Waals surface area (Å²) in [5.74, 6) is 0.160. The van der Waals surface area contributed by atoms with Gasteiger partial charge in [0.2, 0.25) is 5.91 Å². The molecule has 2 N–H and O–H groups in total. The number of nitrogens with zero attached hydrogens (tertiary/aromatic N) is 2. The van der Waals surface area contributed by atoms with E-state index in [1.165, 1.54) is 0 Å². The van der Waals surface area contributed by atoms with Crippen molar-refractivity contribution in [3.63, 3.8) is 0 Å². The molecule has 2 aromatic rings. The fourth-order valence-electron chi connectivity index (χ4n) is 2.70. The molecule has 1 aliphatic rings. The Hall–Kier alpha value is -2.30. The fourth-order valence-corrected chi connectivity index (χ4v) is 2.70. The largest absolute Gasteiger partial charge is 0.374 e. The van der Waals surface area contributed by atoms with Gasteiger partial charge in [0.05, 0.1) is 6.20 Å². The Kier molecular flexibility index (Phi) is 3.90. The van der Waals surface area contributed by atoms with E-state index in [0.717, 1.165) is 36.3 Å². The first-order valence-electron chi connectivity index (χ1n) is 7.39. The predicted molar refractivity (Wildman–Crippen MR) is 81.9 cm³/mol. The average molecular weight is 284 g/mol. The number of carbonyl (C=O) groups excluding carboxylic acids is 1. The van der Waals surface area contributed by atoms with Gasteiger partial charge in [-0.1, -0.05) is 25.1 Å². The van der Waals surface area contributed by atoms with Gasteiger partial charge in [-0.25, -0.2) is 0 Å². The molecule has 0 saturated heterocycles. The molecule has 110 valence electrons. The predicted octanol–water partition coefficient (Wildman–Crippen LogP) is 2.19. The maximum Gasteiger partial charge on any atom is 0.245 e. The van der Waals surface area contributed by atoms with Crippen molar-refractivity contribution in [1.29, 1.82) is 0 Å². The van der Waals surface area contributed by atoms with E-state index >= 15 is 0 Å². The highest BCUT2D eigenvalue weighted by atomic mass is 16.2. The molecule has 0 spiro atoms. The Morgan fingerprint density at radius 2 is 2.24 bits per heavy atom. The van der Waals surface area contributed by atoms with Gasteiger partial charge in [-0.05, 0) is 18.6 Å². The Labute approximate surface area is 124 Å². The zero-order valence-electron chi connectivity index (χ0n) is 12.2. The summed E-state index contributed by atoms with van der Waals surface area (Å²) in [5.41, 5.74) is 3.27. The van der Waals surface area contributed by atoms with Crippen molar-refractivity contribution in [2.75, 3.05) is 11.9 Å². The van der Waals surface area contributed by atoms with Crippen LogP contribution in [0.15, 0.2) is 36.5 Å². The highest BCUT2D eigenvalue weighted by Crippen LogP contribution is 2.18. The maximum absolute atomic E-state index is 12.7. The highest BCUT2D eigenvalue weighted by Gasteiger charge is 2.26. The van der Waals surface area contributed by atoms with Gasteiger partial charge in [0.15, 0.2) is 0 Å². The first kappa shape index (κ1) is 13.7. The van der Waals surface area contributed by atoms with Crippen molar-refractivity contribution in [2.45, 2.75) is 32.4 Å². The number of H-pyrrole nitrogens is 1. The molecule has 1 aliphatic heterocycles. The van der Waals surface area contributed by atoms with Gasteiger partial charge in [0.25, 0.3) is 0 Å². The van der Waals surface area contributed by atoms with E-state index in [-0.39, 0.29) is 11.9 Å². The van der Waals surface area contributed by atoms with Crippen molar-refractivity contribution in [1.82, 2.24) is 15.1 Å². The molecular formula is C16H20N4O. The lowest BCUT2D eigenvalue weighted by molar-refractivity contribution is -0.133. The quantitative estimate of drug-likeness (QED) is 0.904. The molecule has 0 saturated carbocycles. The third kappa shape index (κ3) is 2.91. The van der Waals surface area contributed by atoms with Crippen LogP contribution in [0.2, 0.25) is 0 Å². The van der Waals surface area contributed by atoms with Gasteiger partial charge in [0, 0.05) is 36.5 Å². The van der Waals surface area contributed by atoms with Crippen LogP contribution in [0, 0.1) is 0 Å². The Balaban J connectivity index is 1.68. The minimum atomic E-state index is -0.180. The molecule has 1 amide bonds. The normalized spacial score (nSPS) is 15.4. The van der Waals surface area contributed by atoms with E-state index in [1.807, 2.05) is 48.4 Å². The lowest BCUT2D eigenvalue weighted by Crippen LogP contribution is -2.44. The molecule has 5 nitrogen and oxygen atoms in total. The topological polar surface area (TPSA) is 61.0 Å². The van der Waals surface area contributed by atoms with E-state index < -0.39 is 0 Å². The number of para-hydroxylation sites is 1. The molecule has 0 bridgehead atoms. The molecule has 3 rings (SSSR count). The summed E-state index contributed by atoms with van der Waals surface area (Å²) in [6.07, 6.45) is 3.44. The second-order valence-electron chi connectivity index (χ2n) is 5.35. The number of nitrogens with one attached hydrogen (secondary N) is 2. The molecule has 0 fully saturated rings. The molecule has 2 heterocycles. The number of rotatable bonds is 4. The van der Waals surface area contributed by atoms with Crippen LogP contribution in [0.4, 0.5) is 5.69 Å². The molecular weight excluding hydrogens is 264 g/mol. The molecule has 0 unspecified atom stereocenters. The highest BCUT2D eigenvalue weighted by molar-refractivity contribution is 5.84. The maximum atomic E-state index is 12.7. The number of aromatic amines is 1. The first-order valence-corrected chi connectivity index (χ1v) is 7.39. The van der Waals surface area contributed by atoms with Gasteiger partial charge in [-0.2, -0.15) is 5.10 Å². The number of anilines is 1. The van der Waals surface area contributed by atoms with Crippen molar-refractivity contribution in [2.24, 2.45) is 0 Å². The molecule has 0 aliphatic carbocycles. The minimum Gasteiger partial charge on any atom is -0.374 e. The zero-order valence-corrected chi connectivity index (χ0v) is 12.2. The minimum absolute atomic E-state index is 0.160. The van der Waals surface area contributed by atoms with Crippen molar-refractivity contribution in [3.8, 4) is 0 Å². The number of hydrogen-bond acceptors (Lipinski definition) is 3. The van der Waals surface area contributed by atoms with Gasteiger partial charge < -0.3 is 10.2 Å². The average Bonchev–Trinajstić information content (AvgIpc) is 3.00. The second-order valence-corrected chi connectivity index (χ2v) is 5.35. The number of fused-ring (bicyclic) bond motifs is 1. The summed E-state index contributed by atoms with van der Waals surface area (Å²) in [6, 6.07) is 9.71. The Morgan fingerprint density at radius 1 is 1.43 bits per heavy atom. The number of hydrogen-bond donors (Lipinski definition) is 2. The zero-order chi connectivity index (χ0) is 14.7. The van der Waals surface area contributed by atoms with E-state index in [4.69, 9.17) is 0 Å². The van der Waals surface area contributed by atoms with Crippen LogP contribution in [-0.4, -0.2) is 33.6 Å². The third-order valence-electron chi connectivity index (χ3n) is 3.93. The van der Waals surface area contributed by atoms with Crippen LogP contribution in [-0.2, 0) is 17.8 Å². The van der Waals surface area contributed by atoms with E-state index in [1.54, 1.807) is 0 Å². The van der Waals surface area contributed by atoms with Gasteiger partial charge in [-0.15, -0.1) is 0 Å². The van der Waals surface area contributed by atoms with Crippen LogP contribution >= 0.6 is 0 Å². The van der Waals surface area contributed by atoms with Crippen LogP contribution in [0.25, 0.3) is 0 Å². The molecule has 1 aromatic heterocycles. The smallest absolute Gasteiger partial charge is 0.245 e. The molecule has 0 radical (unpaired) electrons. The Morgan fingerprint density at radius 3 is 3.00 bits per heavy atom. The van der Waals surface area contributed by atoms with Crippen molar-refractivity contribution in [3.05, 3.63) is 47.8 Å². The summed E-state index contributed by atoms with van der Waals surface area (Å²) in [4.78, 5) is 14.6. The molecule has 5 heteroatoms. The fraction of sp³-hybridized carbons (Fsp3) is 0.375. The number of amides is 1. The van der Waals surface area contributed by atoms with Crippen LogP contribution in [0.1, 0.15) is 24.6 Å². The summed E-state index contributed by atoms with van der Waals surface area (Å²) in [6.45, 7) is 3.43. The van der Waals surface area contributed by atoms with E-state index in [0.29, 0.717) is 6.54 Å². The number of aromatic nitrogens is 2. The standard InChI is InChI=1S/C16H20N4O/c1-2-14(18-13-6-4-3-5-7-13)16(21)20-9-8-15-12(11-20)10-17-19-15/h3-7,10,14,18H,2,8-9,11H2,1H3,(H,17,19)/t14-/m0/s1. The molecule has 1 aromatic carbocycles. The summed E-state index contributed by atoms with van der Waals surface area (Å²) in [7, 11) is 0. The van der Waals surface area contributed by atoms with Gasteiger partial charge in [-0.3, -0.25) is 9.89 Å². The summed E-state index contributed by atoms with van der Waals surface area (Å²) in [5, 5.41) is 10.4.